The minimum atomic E-state index is -0.483. The average Bonchev–Trinajstić information content (AvgIpc) is 2.53. The van der Waals surface area contributed by atoms with Crippen molar-refractivity contribution in [1.29, 1.82) is 0 Å². The van der Waals surface area contributed by atoms with Crippen molar-refractivity contribution in [3.8, 4) is 0 Å². The van der Waals surface area contributed by atoms with Crippen molar-refractivity contribution in [2.24, 2.45) is 13.0 Å². The van der Waals surface area contributed by atoms with E-state index >= 15 is 0 Å². The Hall–Kier alpha value is -1.66. The first-order valence-corrected chi connectivity index (χ1v) is 8.11. The summed E-state index contributed by atoms with van der Waals surface area (Å²) in [6, 6.07) is 1.85. The van der Waals surface area contributed by atoms with Crippen LogP contribution in [0, 0.1) is 5.92 Å². The summed E-state index contributed by atoms with van der Waals surface area (Å²) < 4.78 is 14.0. The highest BCUT2D eigenvalue weighted by Gasteiger charge is 2.45. The molecule has 0 N–H and O–H groups in total. The largest absolute Gasteiger partial charge is 0.496 e. The van der Waals surface area contributed by atoms with Crippen LogP contribution < -0.4 is 11.0 Å². The minimum absolute atomic E-state index is 0.0627. The van der Waals surface area contributed by atoms with Gasteiger partial charge in [-0.3, -0.25) is 9.78 Å². The van der Waals surface area contributed by atoms with Gasteiger partial charge in [0.25, 0.3) is 5.56 Å². The third-order valence-electron chi connectivity index (χ3n) is 5.04. The van der Waals surface area contributed by atoms with Gasteiger partial charge in [-0.05, 0) is 31.7 Å². The minimum Gasteiger partial charge on any atom is -0.404 e. The fourth-order valence-electron chi connectivity index (χ4n) is 3.25. The SMILES string of the molecule is CCC1OB(c2cn(C)c(=O)c3cnccc23)OC(C)(C)C1C. The number of fused-ring (bicyclic) bond motifs is 1. The number of hydrogen-bond donors (Lipinski definition) is 0. The van der Waals surface area contributed by atoms with E-state index in [4.69, 9.17) is 9.31 Å². The van der Waals surface area contributed by atoms with Gasteiger partial charge in [0, 0.05) is 43.1 Å². The molecule has 6 heteroatoms. The van der Waals surface area contributed by atoms with Gasteiger partial charge in [-0.2, -0.15) is 0 Å². The van der Waals surface area contributed by atoms with Crippen molar-refractivity contribution in [1.82, 2.24) is 9.55 Å². The van der Waals surface area contributed by atoms with E-state index in [0.29, 0.717) is 11.3 Å². The van der Waals surface area contributed by atoms with Crippen LogP contribution in [0.4, 0.5) is 0 Å². The Morgan fingerprint density at radius 2 is 2.13 bits per heavy atom. The van der Waals surface area contributed by atoms with Gasteiger partial charge >= 0.3 is 7.12 Å². The molecule has 0 radical (unpaired) electrons. The molecule has 1 aliphatic heterocycles. The first-order chi connectivity index (χ1) is 10.8. The summed E-state index contributed by atoms with van der Waals surface area (Å²) >= 11 is 0. The van der Waals surface area contributed by atoms with Crippen LogP contribution in [-0.4, -0.2) is 28.4 Å². The van der Waals surface area contributed by atoms with Crippen LogP contribution in [0.5, 0.6) is 0 Å². The highest BCUT2D eigenvalue weighted by atomic mass is 16.6. The lowest BCUT2D eigenvalue weighted by Crippen LogP contribution is -2.57. The molecule has 0 spiro atoms. The number of nitrogens with zero attached hydrogens (tertiary/aromatic N) is 2. The van der Waals surface area contributed by atoms with Crippen molar-refractivity contribution in [2.75, 3.05) is 0 Å². The van der Waals surface area contributed by atoms with Gasteiger partial charge in [-0.1, -0.05) is 13.8 Å². The maximum Gasteiger partial charge on any atom is 0.496 e. The van der Waals surface area contributed by atoms with E-state index in [1.54, 1.807) is 24.0 Å². The Morgan fingerprint density at radius 3 is 2.83 bits per heavy atom. The summed E-state index contributed by atoms with van der Waals surface area (Å²) in [6.45, 7) is 8.48. The Bertz CT molecular complexity index is 787. The highest BCUT2D eigenvalue weighted by Crippen LogP contribution is 2.33. The van der Waals surface area contributed by atoms with Gasteiger partial charge in [-0.15, -0.1) is 0 Å². The fourth-order valence-corrected chi connectivity index (χ4v) is 3.25. The molecule has 2 aromatic rings. The molecule has 3 heterocycles. The summed E-state index contributed by atoms with van der Waals surface area (Å²) in [5.74, 6) is 0.296. The van der Waals surface area contributed by atoms with Gasteiger partial charge in [-0.25, -0.2) is 0 Å². The molecule has 0 aliphatic carbocycles. The van der Waals surface area contributed by atoms with Crippen LogP contribution in [0.3, 0.4) is 0 Å². The fraction of sp³-hybridized carbons (Fsp3) is 0.529. The third-order valence-corrected chi connectivity index (χ3v) is 5.04. The molecular formula is C17H23BN2O3. The molecule has 5 nitrogen and oxygen atoms in total. The molecule has 23 heavy (non-hydrogen) atoms. The Balaban J connectivity index is 2.13. The molecule has 2 atom stereocenters. The van der Waals surface area contributed by atoms with Crippen LogP contribution in [0.25, 0.3) is 10.8 Å². The third kappa shape index (κ3) is 2.70. The first kappa shape index (κ1) is 16.2. The normalized spacial score (nSPS) is 24.1. The van der Waals surface area contributed by atoms with Crippen molar-refractivity contribution >= 4 is 23.4 Å². The van der Waals surface area contributed by atoms with Gasteiger partial charge < -0.3 is 13.9 Å². The van der Waals surface area contributed by atoms with E-state index in [2.05, 4.69) is 32.7 Å². The second-order valence-corrected chi connectivity index (χ2v) is 6.85. The monoisotopic (exact) mass is 314 g/mol. The Labute approximate surface area is 136 Å². The summed E-state index contributed by atoms with van der Waals surface area (Å²) in [5.41, 5.74) is 0.521. The maximum atomic E-state index is 12.3. The van der Waals surface area contributed by atoms with E-state index in [-0.39, 0.29) is 17.3 Å². The lowest BCUT2D eigenvalue weighted by atomic mass is 9.71. The molecule has 2 aromatic heterocycles. The van der Waals surface area contributed by atoms with Crippen LogP contribution in [0.1, 0.15) is 34.1 Å². The van der Waals surface area contributed by atoms with Crippen LogP contribution in [0.15, 0.2) is 29.5 Å². The van der Waals surface area contributed by atoms with Crippen LogP contribution in [0.2, 0.25) is 0 Å². The number of hydrogen-bond acceptors (Lipinski definition) is 4. The molecule has 122 valence electrons. The van der Waals surface area contributed by atoms with Crippen molar-refractivity contribution in [3.63, 3.8) is 0 Å². The van der Waals surface area contributed by atoms with E-state index in [9.17, 15) is 4.79 Å². The number of rotatable bonds is 2. The van der Waals surface area contributed by atoms with Crippen molar-refractivity contribution in [3.05, 3.63) is 35.0 Å². The second kappa shape index (κ2) is 5.76. The van der Waals surface area contributed by atoms with E-state index in [0.717, 1.165) is 17.3 Å². The molecule has 1 aliphatic rings. The highest BCUT2D eigenvalue weighted by molar-refractivity contribution is 6.64. The molecule has 0 aromatic carbocycles. The summed E-state index contributed by atoms with van der Waals surface area (Å²) in [4.78, 5) is 16.4. The summed E-state index contributed by atoms with van der Waals surface area (Å²) in [5, 5.41) is 1.43. The Kier molecular flexibility index (Phi) is 4.06. The van der Waals surface area contributed by atoms with Crippen LogP contribution >= 0.6 is 0 Å². The van der Waals surface area contributed by atoms with Gasteiger partial charge in [0.1, 0.15) is 0 Å². The summed E-state index contributed by atoms with van der Waals surface area (Å²) in [6.07, 6.45) is 6.16. The zero-order chi connectivity index (χ0) is 16.8. The summed E-state index contributed by atoms with van der Waals surface area (Å²) in [7, 11) is 1.26. The molecular weight excluding hydrogens is 291 g/mol. The lowest BCUT2D eigenvalue weighted by molar-refractivity contribution is -0.0798. The molecule has 0 saturated carbocycles. The molecule has 1 saturated heterocycles. The lowest BCUT2D eigenvalue weighted by Gasteiger charge is -2.45. The van der Waals surface area contributed by atoms with E-state index in [1.165, 1.54) is 0 Å². The van der Waals surface area contributed by atoms with E-state index in [1.807, 2.05) is 12.3 Å². The number of aromatic nitrogens is 2. The number of aryl methyl sites for hydroxylation is 1. The predicted molar refractivity (Wildman–Crippen MR) is 91.9 cm³/mol. The topological polar surface area (TPSA) is 53.4 Å². The quantitative estimate of drug-likeness (QED) is 0.794. The number of pyridine rings is 2. The average molecular weight is 314 g/mol. The zero-order valence-electron chi connectivity index (χ0n) is 14.4. The smallest absolute Gasteiger partial charge is 0.404 e. The van der Waals surface area contributed by atoms with Crippen molar-refractivity contribution in [2.45, 2.75) is 45.8 Å². The van der Waals surface area contributed by atoms with Gasteiger partial charge in [0.05, 0.1) is 11.0 Å². The molecule has 2 unspecified atom stereocenters. The molecule has 0 amide bonds. The predicted octanol–water partition coefficient (Wildman–Crippen LogP) is 1.87. The van der Waals surface area contributed by atoms with Gasteiger partial charge in [0.2, 0.25) is 0 Å². The van der Waals surface area contributed by atoms with Crippen molar-refractivity contribution < 1.29 is 9.31 Å². The standard InChI is InChI=1S/C17H23BN2O3/c1-6-15-11(2)17(3,4)23-18(22-15)14-10-20(5)16(21)13-9-19-8-7-12(13)14/h7-11,15H,6H2,1-5H3. The molecule has 1 fully saturated rings. The second-order valence-electron chi connectivity index (χ2n) is 6.85. The first-order valence-electron chi connectivity index (χ1n) is 8.11. The Morgan fingerprint density at radius 1 is 1.39 bits per heavy atom. The zero-order valence-corrected chi connectivity index (χ0v) is 14.4. The molecule has 0 bridgehead atoms. The van der Waals surface area contributed by atoms with Crippen LogP contribution in [-0.2, 0) is 16.4 Å². The maximum absolute atomic E-state index is 12.3. The van der Waals surface area contributed by atoms with Gasteiger partial charge in [0.15, 0.2) is 0 Å². The van der Waals surface area contributed by atoms with E-state index < -0.39 is 7.12 Å². The molecule has 3 rings (SSSR count).